The SMILES string of the molecule is COc1ccc(NC(=O)c2cnc(NCC(C)C)cn2)c(OC)c1. The van der Waals surface area contributed by atoms with E-state index in [-0.39, 0.29) is 11.6 Å². The van der Waals surface area contributed by atoms with E-state index < -0.39 is 0 Å². The maximum absolute atomic E-state index is 12.3. The number of carbonyl (C=O) groups excluding carboxylic acids is 1. The Bertz CT molecular complexity index is 687. The van der Waals surface area contributed by atoms with Crippen LogP contribution in [0, 0.1) is 5.92 Å². The van der Waals surface area contributed by atoms with Crippen LogP contribution in [0.3, 0.4) is 0 Å². The van der Waals surface area contributed by atoms with Crippen molar-refractivity contribution in [3.63, 3.8) is 0 Å². The average molecular weight is 330 g/mol. The fraction of sp³-hybridized carbons (Fsp3) is 0.353. The number of carbonyl (C=O) groups is 1. The lowest BCUT2D eigenvalue weighted by Crippen LogP contribution is -2.16. The van der Waals surface area contributed by atoms with Gasteiger partial charge in [0.25, 0.3) is 5.91 Å². The maximum Gasteiger partial charge on any atom is 0.275 e. The highest BCUT2D eigenvalue weighted by Gasteiger charge is 2.12. The second-order valence-corrected chi connectivity index (χ2v) is 5.58. The minimum absolute atomic E-state index is 0.225. The van der Waals surface area contributed by atoms with E-state index in [1.54, 1.807) is 31.5 Å². The molecule has 0 saturated heterocycles. The van der Waals surface area contributed by atoms with Crippen molar-refractivity contribution < 1.29 is 14.3 Å². The molecule has 2 aromatic rings. The summed E-state index contributed by atoms with van der Waals surface area (Å²) < 4.78 is 10.4. The summed E-state index contributed by atoms with van der Waals surface area (Å²) >= 11 is 0. The number of amides is 1. The highest BCUT2D eigenvalue weighted by molar-refractivity contribution is 6.03. The quantitative estimate of drug-likeness (QED) is 0.812. The van der Waals surface area contributed by atoms with Crippen molar-refractivity contribution in [2.24, 2.45) is 5.92 Å². The number of hydrogen-bond acceptors (Lipinski definition) is 6. The lowest BCUT2D eigenvalue weighted by atomic mass is 10.2. The Morgan fingerprint density at radius 2 is 1.96 bits per heavy atom. The van der Waals surface area contributed by atoms with Crippen molar-refractivity contribution in [1.82, 2.24) is 9.97 Å². The first kappa shape index (κ1) is 17.5. The van der Waals surface area contributed by atoms with Gasteiger partial charge in [0, 0.05) is 12.6 Å². The van der Waals surface area contributed by atoms with Crippen LogP contribution in [0.4, 0.5) is 11.5 Å². The van der Waals surface area contributed by atoms with Gasteiger partial charge in [0.05, 0.1) is 32.3 Å². The van der Waals surface area contributed by atoms with Gasteiger partial charge < -0.3 is 20.1 Å². The van der Waals surface area contributed by atoms with Gasteiger partial charge in [0.1, 0.15) is 23.0 Å². The lowest BCUT2D eigenvalue weighted by molar-refractivity contribution is 0.102. The first-order valence-corrected chi connectivity index (χ1v) is 7.62. The molecule has 0 spiro atoms. The second kappa shape index (κ2) is 8.14. The van der Waals surface area contributed by atoms with Crippen molar-refractivity contribution >= 4 is 17.4 Å². The molecule has 0 unspecified atom stereocenters. The van der Waals surface area contributed by atoms with Gasteiger partial charge >= 0.3 is 0 Å². The molecule has 24 heavy (non-hydrogen) atoms. The number of benzene rings is 1. The van der Waals surface area contributed by atoms with E-state index in [0.717, 1.165) is 6.54 Å². The molecular formula is C17H22N4O3. The number of aromatic nitrogens is 2. The summed E-state index contributed by atoms with van der Waals surface area (Å²) in [6, 6.07) is 5.14. The summed E-state index contributed by atoms with van der Waals surface area (Å²) in [6.07, 6.45) is 2.98. The molecule has 1 heterocycles. The molecule has 7 heteroatoms. The molecule has 0 aliphatic rings. The van der Waals surface area contributed by atoms with Gasteiger partial charge in [-0.3, -0.25) is 4.79 Å². The van der Waals surface area contributed by atoms with Crippen LogP contribution in [0.2, 0.25) is 0 Å². The van der Waals surface area contributed by atoms with E-state index in [2.05, 4.69) is 34.4 Å². The molecule has 0 fully saturated rings. The van der Waals surface area contributed by atoms with Gasteiger partial charge in [-0.1, -0.05) is 13.8 Å². The van der Waals surface area contributed by atoms with Crippen LogP contribution in [0.25, 0.3) is 0 Å². The van der Waals surface area contributed by atoms with E-state index in [9.17, 15) is 4.79 Å². The number of rotatable bonds is 7. The molecule has 2 N–H and O–H groups in total. The number of nitrogens with zero attached hydrogens (tertiary/aromatic N) is 2. The minimum Gasteiger partial charge on any atom is -0.497 e. The predicted octanol–water partition coefficient (Wildman–Crippen LogP) is 2.81. The molecule has 0 saturated carbocycles. The molecule has 0 bridgehead atoms. The monoisotopic (exact) mass is 330 g/mol. The number of hydrogen-bond donors (Lipinski definition) is 2. The topological polar surface area (TPSA) is 85.4 Å². The Balaban J connectivity index is 2.07. The predicted molar refractivity (Wildman–Crippen MR) is 92.9 cm³/mol. The summed E-state index contributed by atoms with van der Waals surface area (Å²) in [5, 5.41) is 5.91. The minimum atomic E-state index is -0.360. The summed E-state index contributed by atoms with van der Waals surface area (Å²) in [7, 11) is 3.09. The highest BCUT2D eigenvalue weighted by atomic mass is 16.5. The maximum atomic E-state index is 12.3. The third-order valence-corrected chi connectivity index (χ3v) is 3.23. The van der Waals surface area contributed by atoms with Crippen LogP contribution in [0.1, 0.15) is 24.3 Å². The van der Waals surface area contributed by atoms with E-state index >= 15 is 0 Å². The van der Waals surface area contributed by atoms with Crippen molar-refractivity contribution in [2.45, 2.75) is 13.8 Å². The van der Waals surface area contributed by atoms with Gasteiger partial charge in [-0.2, -0.15) is 0 Å². The zero-order valence-electron chi connectivity index (χ0n) is 14.3. The Labute approximate surface area is 141 Å². The molecule has 1 aromatic heterocycles. The van der Waals surface area contributed by atoms with Crippen LogP contribution in [0.5, 0.6) is 11.5 Å². The fourth-order valence-corrected chi connectivity index (χ4v) is 1.93. The third kappa shape index (κ3) is 4.58. The summed E-state index contributed by atoms with van der Waals surface area (Å²) in [5.41, 5.74) is 0.759. The van der Waals surface area contributed by atoms with E-state index in [1.807, 2.05) is 0 Å². The number of methoxy groups -OCH3 is 2. The standard InChI is InChI=1S/C17H22N4O3/c1-11(2)8-19-16-10-18-14(9-20-16)17(22)21-13-6-5-12(23-3)7-15(13)24-4/h5-7,9-11H,8H2,1-4H3,(H,19,20)(H,21,22). The van der Waals surface area contributed by atoms with Crippen LogP contribution in [-0.4, -0.2) is 36.6 Å². The molecule has 2 rings (SSSR count). The number of nitrogens with one attached hydrogen (secondary N) is 2. The van der Waals surface area contributed by atoms with Crippen LogP contribution >= 0.6 is 0 Å². The van der Waals surface area contributed by atoms with E-state index in [0.29, 0.717) is 28.9 Å². The van der Waals surface area contributed by atoms with Gasteiger partial charge in [-0.05, 0) is 18.1 Å². The summed E-state index contributed by atoms with van der Waals surface area (Å²) in [5.74, 6) is 1.93. The zero-order valence-corrected chi connectivity index (χ0v) is 14.3. The number of ether oxygens (including phenoxy) is 2. The summed E-state index contributed by atoms with van der Waals surface area (Å²) in [4.78, 5) is 20.6. The Hall–Kier alpha value is -2.83. The fourth-order valence-electron chi connectivity index (χ4n) is 1.93. The third-order valence-electron chi connectivity index (χ3n) is 3.23. The molecular weight excluding hydrogens is 308 g/mol. The lowest BCUT2D eigenvalue weighted by Gasteiger charge is -2.11. The van der Waals surface area contributed by atoms with Crippen LogP contribution < -0.4 is 20.1 Å². The molecule has 1 aromatic carbocycles. The first-order valence-electron chi connectivity index (χ1n) is 7.62. The average Bonchev–Trinajstić information content (AvgIpc) is 2.60. The Morgan fingerprint density at radius 1 is 1.17 bits per heavy atom. The molecule has 7 nitrogen and oxygen atoms in total. The summed E-state index contributed by atoms with van der Waals surface area (Å²) in [6.45, 7) is 5.00. The first-order chi connectivity index (χ1) is 11.5. The van der Waals surface area contributed by atoms with Crippen molar-refractivity contribution in [1.29, 1.82) is 0 Å². The van der Waals surface area contributed by atoms with E-state index in [4.69, 9.17) is 9.47 Å². The smallest absolute Gasteiger partial charge is 0.275 e. The van der Waals surface area contributed by atoms with Crippen molar-refractivity contribution in [3.05, 3.63) is 36.3 Å². The van der Waals surface area contributed by atoms with Crippen molar-refractivity contribution in [2.75, 3.05) is 31.4 Å². The number of anilines is 2. The second-order valence-electron chi connectivity index (χ2n) is 5.58. The molecule has 0 aliphatic carbocycles. The molecule has 128 valence electrons. The van der Waals surface area contributed by atoms with Gasteiger partial charge in [-0.25, -0.2) is 9.97 Å². The molecule has 1 amide bonds. The molecule has 0 aliphatic heterocycles. The normalized spacial score (nSPS) is 10.4. The van der Waals surface area contributed by atoms with E-state index in [1.165, 1.54) is 13.3 Å². The largest absolute Gasteiger partial charge is 0.497 e. The van der Waals surface area contributed by atoms with Gasteiger partial charge in [0.2, 0.25) is 0 Å². The Morgan fingerprint density at radius 3 is 2.54 bits per heavy atom. The van der Waals surface area contributed by atoms with Gasteiger partial charge in [0.15, 0.2) is 0 Å². The zero-order chi connectivity index (χ0) is 17.5. The Kier molecular flexibility index (Phi) is 5.95. The van der Waals surface area contributed by atoms with Gasteiger partial charge in [-0.15, -0.1) is 0 Å². The van der Waals surface area contributed by atoms with Crippen LogP contribution in [0.15, 0.2) is 30.6 Å². The van der Waals surface area contributed by atoms with Crippen molar-refractivity contribution in [3.8, 4) is 11.5 Å². The molecule has 0 atom stereocenters. The van der Waals surface area contributed by atoms with Crippen LogP contribution in [-0.2, 0) is 0 Å². The highest BCUT2D eigenvalue weighted by Crippen LogP contribution is 2.29. The molecule has 0 radical (unpaired) electrons.